The van der Waals surface area contributed by atoms with Crippen LogP contribution in [-0.2, 0) is 6.18 Å². The van der Waals surface area contributed by atoms with Crippen molar-refractivity contribution in [1.29, 1.82) is 5.26 Å². The molecule has 0 N–H and O–H groups in total. The molecule has 0 spiro atoms. The molecule has 9 aromatic carbocycles. The van der Waals surface area contributed by atoms with Crippen molar-refractivity contribution in [1.82, 2.24) is 28.7 Å². The number of benzene rings is 9. The van der Waals surface area contributed by atoms with Gasteiger partial charge in [-0.1, -0.05) is 121 Å². The molecule has 4 aromatic heterocycles. The second-order valence-electron chi connectivity index (χ2n) is 17.0. The number of alkyl halides is 3. The fourth-order valence-electron chi connectivity index (χ4n) is 10.2. The van der Waals surface area contributed by atoms with Crippen LogP contribution in [0.4, 0.5) is 13.2 Å². The fraction of sp³-hybridized carbons (Fsp3) is 0.0169. The first-order chi connectivity index (χ1) is 33.8. The minimum absolute atomic E-state index is 0.390. The quantitative estimate of drug-likeness (QED) is 0.167. The number of aromatic nitrogens is 6. The fourth-order valence-corrected chi connectivity index (χ4v) is 10.2. The Morgan fingerprint density at radius 2 is 0.754 bits per heavy atom. The SMILES string of the molecule is N#Cc1ccc(-n2c3ccccc3c3c2c2c4ccccc4n(-c4cccc(C(F)(F)F)c4)c2c2c4ccccc4n(-c4ccc(-c5nc(-c6ccccc6)nc(-c6ccccc6)n5)cc4)c32)cc1. The van der Waals surface area contributed by atoms with Gasteiger partial charge in [-0.15, -0.1) is 0 Å². The Morgan fingerprint density at radius 3 is 1.17 bits per heavy atom. The number of halogens is 3. The number of hydrogen-bond acceptors (Lipinski definition) is 4. The predicted octanol–water partition coefficient (Wildman–Crippen LogP) is 15.1. The highest BCUT2D eigenvalue weighted by Crippen LogP contribution is 2.50. The van der Waals surface area contributed by atoms with E-state index in [0.29, 0.717) is 28.7 Å². The number of nitriles is 1. The van der Waals surface area contributed by atoms with Crippen LogP contribution in [0.15, 0.2) is 206 Å². The average Bonchev–Trinajstić information content (AvgIpc) is 4.05. The summed E-state index contributed by atoms with van der Waals surface area (Å²) in [6.45, 7) is 0. The molecular formula is C59H34F3N7. The highest BCUT2D eigenvalue weighted by Gasteiger charge is 2.32. The summed E-state index contributed by atoms with van der Waals surface area (Å²) in [5, 5.41) is 15.4. The summed E-state index contributed by atoms with van der Waals surface area (Å²) in [4.78, 5) is 14.9. The maximum absolute atomic E-state index is 14.6. The predicted molar refractivity (Wildman–Crippen MR) is 269 cm³/mol. The molecule has 0 amide bonds. The van der Waals surface area contributed by atoms with E-state index >= 15 is 0 Å². The molecule has 0 saturated heterocycles. The first-order valence-electron chi connectivity index (χ1n) is 22.4. The first kappa shape index (κ1) is 40.0. The molecule has 0 aliphatic rings. The van der Waals surface area contributed by atoms with Gasteiger partial charge in [0.1, 0.15) is 0 Å². The Morgan fingerprint density at radius 1 is 0.377 bits per heavy atom. The van der Waals surface area contributed by atoms with Crippen LogP contribution in [0.2, 0.25) is 0 Å². The van der Waals surface area contributed by atoms with Crippen LogP contribution in [0.5, 0.6) is 0 Å². The highest BCUT2D eigenvalue weighted by atomic mass is 19.4. The summed E-state index contributed by atoms with van der Waals surface area (Å²) in [6, 6.07) is 67.8. The molecule has 69 heavy (non-hydrogen) atoms. The van der Waals surface area contributed by atoms with Crippen LogP contribution in [0.3, 0.4) is 0 Å². The van der Waals surface area contributed by atoms with Gasteiger partial charge in [-0.3, -0.25) is 0 Å². The number of nitrogens with zero attached hydrogens (tertiary/aromatic N) is 7. The van der Waals surface area contributed by atoms with E-state index in [1.54, 1.807) is 6.07 Å². The summed E-state index contributed by atoms with van der Waals surface area (Å²) >= 11 is 0. The van der Waals surface area contributed by atoms with Crippen molar-refractivity contribution in [2.75, 3.05) is 0 Å². The number of hydrogen-bond donors (Lipinski definition) is 0. The molecule has 4 heterocycles. The second-order valence-corrected chi connectivity index (χ2v) is 17.0. The monoisotopic (exact) mass is 897 g/mol. The van der Waals surface area contributed by atoms with Crippen molar-refractivity contribution in [2.24, 2.45) is 0 Å². The standard InChI is InChI=1S/C59H34F3N7/c60-59(61,62)40-18-13-19-43(34-40)69-49-25-12-9-22-46(49)52-53-50(44-20-7-10-23-47(44)67(53)41-30-26-36(35-63)27-31-41)54-51(55(52)69)45-21-8-11-24-48(45)68(54)42-32-28-39(29-33-42)58-65-56(37-14-3-1-4-15-37)64-57(66-58)38-16-5-2-6-17-38/h1-34H. The van der Waals surface area contributed by atoms with E-state index in [9.17, 15) is 18.4 Å². The number of fused-ring (bicyclic) bond motifs is 12. The van der Waals surface area contributed by atoms with Crippen LogP contribution in [0.25, 0.3) is 117 Å². The Balaban J connectivity index is 1.16. The molecule has 0 bridgehead atoms. The van der Waals surface area contributed by atoms with Gasteiger partial charge < -0.3 is 13.7 Å². The lowest BCUT2D eigenvalue weighted by Crippen LogP contribution is -2.06. The third kappa shape index (κ3) is 6.25. The largest absolute Gasteiger partial charge is 0.416 e. The Kier molecular flexibility index (Phi) is 8.91. The molecule has 0 aliphatic carbocycles. The number of para-hydroxylation sites is 3. The van der Waals surface area contributed by atoms with Gasteiger partial charge in [0.05, 0.1) is 50.3 Å². The first-order valence-corrected chi connectivity index (χ1v) is 22.4. The summed E-state index contributed by atoms with van der Waals surface area (Å²) in [5.41, 5.74) is 9.61. The van der Waals surface area contributed by atoms with Crippen molar-refractivity contribution in [2.45, 2.75) is 6.18 Å². The van der Waals surface area contributed by atoms with Gasteiger partial charge in [0, 0.05) is 66.1 Å². The van der Waals surface area contributed by atoms with Gasteiger partial charge in [-0.05, 0) is 84.9 Å². The molecule has 0 saturated carbocycles. The minimum Gasteiger partial charge on any atom is -0.308 e. The van der Waals surface area contributed by atoms with Crippen LogP contribution in [-0.4, -0.2) is 28.7 Å². The van der Waals surface area contributed by atoms with Crippen LogP contribution >= 0.6 is 0 Å². The van der Waals surface area contributed by atoms with Crippen molar-refractivity contribution in [3.63, 3.8) is 0 Å². The molecule has 326 valence electrons. The third-order valence-corrected chi connectivity index (χ3v) is 13.1. The molecule has 0 fully saturated rings. The topological polar surface area (TPSA) is 77.2 Å². The maximum Gasteiger partial charge on any atom is 0.416 e. The maximum atomic E-state index is 14.6. The molecule has 0 aliphatic heterocycles. The Hall–Kier alpha value is -9.33. The van der Waals surface area contributed by atoms with Crippen LogP contribution in [0.1, 0.15) is 11.1 Å². The van der Waals surface area contributed by atoms with Crippen molar-refractivity contribution < 1.29 is 13.2 Å². The average molecular weight is 898 g/mol. The molecule has 0 unspecified atom stereocenters. The smallest absolute Gasteiger partial charge is 0.308 e. The van der Waals surface area contributed by atoms with Gasteiger partial charge in [0.25, 0.3) is 0 Å². The van der Waals surface area contributed by atoms with Gasteiger partial charge in [0.2, 0.25) is 0 Å². The van der Waals surface area contributed by atoms with E-state index < -0.39 is 11.7 Å². The molecule has 7 nitrogen and oxygen atoms in total. The van der Waals surface area contributed by atoms with Crippen molar-refractivity contribution in [3.05, 3.63) is 217 Å². The van der Waals surface area contributed by atoms with Crippen molar-refractivity contribution in [3.8, 4) is 57.3 Å². The molecule has 0 atom stereocenters. The lowest BCUT2D eigenvalue weighted by atomic mass is 10.0. The zero-order valence-corrected chi connectivity index (χ0v) is 36.4. The Bertz CT molecular complexity index is 4160. The summed E-state index contributed by atoms with van der Waals surface area (Å²) in [5.74, 6) is 1.65. The van der Waals surface area contributed by atoms with Gasteiger partial charge >= 0.3 is 6.18 Å². The molecule has 13 rings (SSSR count). The van der Waals surface area contributed by atoms with E-state index in [0.717, 1.165) is 99.5 Å². The van der Waals surface area contributed by atoms with E-state index in [1.807, 2.05) is 144 Å². The van der Waals surface area contributed by atoms with Gasteiger partial charge in [-0.2, -0.15) is 18.4 Å². The van der Waals surface area contributed by atoms with Gasteiger partial charge in [-0.25, -0.2) is 15.0 Å². The minimum atomic E-state index is -4.56. The Labute approximate surface area is 391 Å². The lowest BCUT2D eigenvalue weighted by molar-refractivity contribution is -0.137. The van der Waals surface area contributed by atoms with E-state index in [1.165, 1.54) is 12.1 Å². The molecular weight excluding hydrogens is 864 g/mol. The van der Waals surface area contributed by atoms with Crippen LogP contribution < -0.4 is 0 Å². The van der Waals surface area contributed by atoms with Gasteiger partial charge in [0.15, 0.2) is 17.5 Å². The third-order valence-electron chi connectivity index (χ3n) is 13.1. The lowest BCUT2D eigenvalue weighted by Gasteiger charge is -2.15. The zero-order valence-electron chi connectivity index (χ0n) is 36.4. The van der Waals surface area contributed by atoms with Crippen LogP contribution in [0, 0.1) is 11.3 Å². The summed E-state index contributed by atoms with van der Waals surface area (Å²) in [7, 11) is 0. The zero-order chi connectivity index (χ0) is 46.4. The second kappa shape index (κ2) is 15.4. The summed E-state index contributed by atoms with van der Waals surface area (Å²) < 4.78 is 50.3. The molecule has 0 radical (unpaired) electrons. The highest BCUT2D eigenvalue weighted by molar-refractivity contribution is 6.40. The van der Waals surface area contributed by atoms with E-state index in [-0.39, 0.29) is 0 Å². The van der Waals surface area contributed by atoms with E-state index in [2.05, 4.69) is 57.7 Å². The summed E-state index contributed by atoms with van der Waals surface area (Å²) in [6.07, 6.45) is -4.56. The normalized spacial score (nSPS) is 12.0. The molecule has 13 aromatic rings. The van der Waals surface area contributed by atoms with E-state index in [4.69, 9.17) is 15.0 Å². The van der Waals surface area contributed by atoms with Crippen molar-refractivity contribution >= 4 is 65.4 Å². The number of rotatable bonds is 6. The molecule has 10 heteroatoms.